The van der Waals surface area contributed by atoms with Gasteiger partial charge in [0.05, 0.1) is 5.52 Å². The zero-order chi connectivity index (χ0) is 12.4. The van der Waals surface area contributed by atoms with Crippen LogP contribution in [0.2, 0.25) is 0 Å². The van der Waals surface area contributed by atoms with E-state index in [9.17, 15) is 0 Å². The van der Waals surface area contributed by atoms with Crippen LogP contribution in [0.3, 0.4) is 0 Å². The molecule has 0 spiro atoms. The molecule has 0 radical (unpaired) electrons. The predicted molar refractivity (Wildman–Crippen MR) is 74.5 cm³/mol. The summed E-state index contributed by atoms with van der Waals surface area (Å²) in [4.78, 5) is 4.59. The first-order valence-corrected chi connectivity index (χ1v) is 6.52. The summed E-state index contributed by atoms with van der Waals surface area (Å²) in [7, 11) is 0. The third kappa shape index (κ3) is 2.19. The minimum Gasteiger partial charge on any atom is -0.256 e. The number of hydrogen-bond donors (Lipinski definition) is 0. The highest BCUT2D eigenvalue weighted by Crippen LogP contribution is 2.31. The number of pyridine rings is 1. The SMILES string of the molecule is CCC(C)c1ccc(C(C)C)c2cccnc12. The number of rotatable bonds is 3. The molecule has 0 N–H and O–H groups in total. The van der Waals surface area contributed by atoms with E-state index in [0.29, 0.717) is 11.8 Å². The fourth-order valence-electron chi connectivity index (χ4n) is 2.34. The van der Waals surface area contributed by atoms with Crippen molar-refractivity contribution in [1.29, 1.82) is 0 Å². The van der Waals surface area contributed by atoms with Crippen molar-refractivity contribution in [2.75, 3.05) is 0 Å². The van der Waals surface area contributed by atoms with Gasteiger partial charge in [0, 0.05) is 11.6 Å². The Bertz CT molecular complexity index is 514. The van der Waals surface area contributed by atoms with E-state index in [1.54, 1.807) is 0 Å². The van der Waals surface area contributed by atoms with Crippen molar-refractivity contribution < 1.29 is 0 Å². The normalized spacial score (nSPS) is 13.2. The first-order chi connectivity index (χ1) is 8.15. The Morgan fingerprint density at radius 3 is 2.41 bits per heavy atom. The van der Waals surface area contributed by atoms with Crippen molar-refractivity contribution in [3.8, 4) is 0 Å². The van der Waals surface area contributed by atoms with Crippen LogP contribution >= 0.6 is 0 Å². The summed E-state index contributed by atoms with van der Waals surface area (Å²) in [5.41, 5.74) is 3.97. The molecular formula is C16H21N. The molecule has 1 aromatic carbocycles. The van der Waals surface area contributed by atoms with E-state index in [1.165, 1.54) is 22.0 Å². The highest BCUT2D eigenvalue weighted by molar-refractivity contribution is 5.86. The minimum atomic E-state index is 0.549. The smallest absolute Gasteiger partial charge is 0.0739 e. The Hall–Kier alpha value is -1.37. The first kappa shape index (κ1) is 12.1. The average molecular weight is 227 g/mol. The van der Waals surface area contributed by atoms with Gasteiger partial charge >= 0.3 is 0 Å². The van der Waals surface area contributed by atoms with Gasteiger partial charge in [0.25, 0.3) is 0 Å². The molecule has 0 saturated heterocycles. The Balaban J connectivity index is 2.70. The van der Waals surface area contributed by atoms with Crippen LogP contribution in [0.1, 0.15) is 57.1 Å². The van der Waals surface area contributed by atoms with Crippen LogP contribution in [0.25, 0.3) is 10.9 Å². The number of benzene rings is 1. The van der Waals surface area contributed by atoms with Gasteiger partial charge in [-0.1, -0.05) is 45.9 Å². The maximum absolute atomic E-state index is 4.59. The quantitative estimate of drug-likeness (QED) is 0.728. The molecule has 90 valence electrons. The van der Waals surface area contributed by atoms with Gasteiger partial charge in [-0.25, -0.2) is 0 Å². The van der Waals surface area contributed by atoms with E-state index in [4.69, 9.17) is 0 Å². The fraction of sp³-hybridized carbons (Fsp3) is 0.438. The summed E-state index contributed by atoms with van der Waals surface area (Å²) < 4.78 is 0. The molecule has 1 heteroatoms. The lowest BCUT2D eigenvalue weighted by Crippen LogP contribution is -1.98. The van der Waals surface area contributed by atoms with E-state index < -0.39 is 0 Å². The topological polar surface area (TPSA) is 12.9 Å². The van der Waals surface area contributed by atoms with E-state index >= 15 is 0 Å². The van der Waals surface area contributed by atoms with Gasteiger partial charge in [-0.15, -0.1) is 0 Å². The van der Waals surface area contributed by atoms with Crippen LogP contribution in [0, 0.1) is 0 Å². The van der Waals surface area contributed by atoms with Crippen molar-refractivity contribution in [2.24, 2.45) is 0 Å². The molecule has 0 fully saturated rings. The van der Waals surface area contributed by atoms with E-state index in [-0.39, 0.29) is 0 Å². The van der Waals surface area contributed by atoms with Crippen LogP contribution in [-0.2, 0) is 0 Å². The summed E-state index contributed by atoms with van der Waals surface area (Å²) >= 11 is 0. The minimum absolute atomic E-state index is 0.549. The molecule has 1 nitrogen and oxygen atoms in total. The largest absolute Gasteiger partial charge is 0.256 e. The zero-order valence-electron chi connectivity index (χ0n) is 11.2. The number of fused-ring (bicyclic) bond motifs is 1. The average Bonchev–Trinajstić information content (AvgIpc) is 2.36. The molecule has 2 aromatic rings. The maximum Gasteiger partial charge on any atom is 0.0739 e. The molecule has 17 heavy (non-hydrogen) atoms. The van der Waals surface area contributed by atoms with Crippen molar-refractivity contribution in [3.05, 3.63) is 41.6 Å². The standard InChI is InChI=1S/C16H21N/c1-5-12(4)14-9-8-13(11(2)3)15-7-6-10-17-16(14)15/h6-12H,5H2,1-4H3. The molecule has 0 aliphatic rings. The summed E-state index contributed by atoms with van der Waals surface area (Å²) in [6.07, 6.45) is 3.06. The molecular weight excluding hydrogens is 206 g/mol. The summed E-state index contributed by atoms with van der Waals surface area (Å²) in [6, 6.07) is 8.77. The Morgan fingerprint density at radius 2 is 1.76 bits per heavy atom. The molecule has 0 aliphatic carbocycles. The van der Waals surface area contributed by atoms with Crippen molar-refractivity contribution in [1.82, 2.24) is 4.98 Å². The summed E-state index contributed by atoms with van der Waals surface area (Å²) in [5.74, 6) is 1.13. The van der Waals surface area contributed by atoms with Gasteiger partial charge in [0.15, 0.2) is 0 Å². The predicted octanol–water partition coefficient (Wildman–Crippen LogP) is 4.87. The molecule has 1 heterocycles. The van der Waals surface area contributed by atoms with E-state index in [2.05, 4.69) is 50.9 Å². The molecule has 1 atom stereocenters. The van der Waals surface area contributed by atoms with Crippen LogP contribution in [-0.4, -0.2) is 4.98 Å². The van der Waals surface area contributed by atoms with Gasteiger partial charge in [-0.05, 0) is 35.4 Å². The number of hydrogen-bond acceptors (Lipinski definition) is 1. The molecule has 0 amide bonds. The van der Waals surface area contributed by atoms with E-state index in [1.807, 2.05) is 12.3 Å². The van der Waals surface area contributed by atoms with Crippen LogP contribution in [0.4, 0.5) is 0 Å². The fourth-order valence-corrected chi connectivity index (χ4v) is 2.34. The molecule has 2 rings (SSSR count). The zero-order valence-corrected chi connectivity index (χ0v) is 11.2. The van der Waals surface area contributed by atoms with Crippen molar-refractivity contribution >= 4 is 10.9 Å². The van der Waals surface area contributed by atoms with Gasteiger partial charge in [-0.3, -0.25) is 4.98 Å². The third-order valence-electron chi connectivity index (χ3n) is 3.60. The third-order valence-corrected chi connectivity index (χ3v) is 3.60. The molecule has 0 saturated carbocycles. The number of nitrogens with zero attached hydrogens (tertiary/aromatic N) is 1. The second-order valence-electron chi connectivity index (χ2n) is 5.11. The van der Waals surface area contributed by atoms with Crippen LogP contribution in [0.15, 0.2) is 30.5 Å². The van der Waals surface area contributed by atoms with Gasteiger partial charge < -0.3 is 0 Å². The highest BCUT2D eigenvalue weighted by Gasteiger charge is 2.12. The lowest BCUT2D eigenvalue weighted by Gasteiger charge is -2.16. The van der Waals surface area contributed by atoms with E-state index in [0.717, 1.165) is 6.42 Å². The van der Waals surface area contributed by atoms with Gasteiger partial charge in [-0.2, -0.15) is 0 Å². The maximum atomic E-state index is 4.59. The monoisotopic (exact) mass is 227 g/mol. The lowest BCUT2D eigenvalue weighted by atomic mass is 9.90. The Labute approximate surface area is 104 Å². The van der Waals surface area contributed by atoms with Gasteiger partial charge in [0.1, 0.15) is 0 Å². The number of aromatic nitrogens is 1. The van der Waals surface area contributed by atoms with Crippen LogP contribution < -0.4 is 0 Å². The van der Waals surface area contributed by atoms with Crippen LogP contribution in [0.5, 0.6) is 0 Å². The molecule has 0 aliphatic heterocycles. The van der Waals surface area contributed by atoms with Crippen molar-refractivity contribution in [3.63, 3.8) is 0 Å². The highest BCUT2D eigenvalue weighted by atomic mass is 14.7. The summed E-state index contributed by atoms with van der Waals surface area (Å²) in [6.45, 7) is 8.99. The Morgan fingerprint density at radius 1 is 1.06 bits per heavy atom. The molecule has 1 aromatic heterocycles. The van der Waals surface area contributed by atoms with Gasteiger partial charge in [0.2, 0.25) is 0 Å². The second kappa shape index (κ2) is 4.87. The summed E-state index contributed by atoms with van der Waals surface area (Å²) in [5, 5.41) is 1.32. The molecule has 1 unspecified atom stereocenters. The lowest BCUT2D eigenvalue weighted by molar-refractivity contribution is 0.737. The second-order valence-corrected chi connectivity index (χ2v) is 5.11. The Kier molecular flexibility index (Phi) is 3.46. The molecule has 0 bridgehead atoms. The van der Waals surface area contributed by atoms with Crippen molar-refractivity contribution in [2.45, 2.75) is 46.0 Å². The first-order valence-electron chi connectivity index (χ1n) is 6.52.